The summed E-state index contributed by atoms with van der Waals surface area (Å²) in [6.45, 7) is 1.90. The molecule has 94 valence electrons. The van der Waals surface area contributed by atoms with Crippen molar-refractivity contribution in [2.45, 2.75) is 19.8 Å². The first-order valence-corrected chi connectivity index (χ1v) is 6.55. The van der Waals surface area contributed by atoms with Gasteiger partial charge in [0.2, 0.25) is 0 Å². The lowest BCUT2D eigenvalue weighted by molar-refractivity contribution is 0.0994. The van der Waals surface area contributed by atoms with E-state index in [2.05, 4.69) is 9.59 Å². The number of benzene rings is 1. The average Bonchev–Trinajstić information content (AvgIpc) is 2.81. The molecule has 0 N–H and O–H groups in total. The first-order chi connectivity index (χ1) is 8.61. The van der Waals surface area contributed by atoms with E-state index in [4.69, 9.17) is 11.6 Å². The summed E-state index contributed by atoms with van der Waals surface area (Å²) in [6, 6.07) is 4.30. The van der Waals surface area contributed by atoms with Crippen molar-refractivity contribution in [2.24, 2.45) is 0 Å². The van der Waals surface area contributed by atoms with Crippen molar-refractivity contribution in [2.75, 3.05) is 0 Å². The molecule has 1 aromatic carbocycles. The van der Waals surface area contributed by atoms with Crippen LogP contribution in [0.4, 0.5) is 4.39 Å². The number of nitrogens with zero attached hydrogens (tertiary/aromatic N) is 2. The van der Waals surface area contributed by atoms with Gasteiger partial charge in [-0.25, -0.2) is 4.39 Å². The Hall–Kier alpha value is -1.33. The summed E-state index contributed by atoms with van der Waals surface area (Å²) in [4.78, 5) is 12.5. The van der Waals surface area contributed by atoms with Crippen molar-refractivity contribution in [3.63, 3.8) is 0 Å². The topological polar surface area (TPSA) is 42.9 Å². The molecule has 0 fully saturated rings. The highest BCUT2D eigenvalue weighted by molar-refractivity contribution is 7.08. The monoisotopic (exact) mass is 284 g/mol. The maximum absolute atomic E-state index is 13.6. The zero-order valence-corrected chi connectivity index (χ0v) is 11.2. The molecule has 0 aliphatic rings. The second-order valence-corrected chi connectivity index (χ2v) is 4.93. The van der Waals surface area contributed by atoms with Crippen molar-refractivity contribution >= 4 is 28.9 Å². The number of hydrogen-bond acceptors (Lipinski definition) is 4. The third-order valence-electron chi connectivity index (χ3n) is 2.51. The SMILES string of the molecule is CCc1nnsc1C(=O)Cc1ccc(Cl)cc1F. The standard InChI is InChI=1S/C12H10ClFN2OS/c1-2-10-12(18-16-15-10)11(17)5-7-3-4-8(13)6-9(7)14/h3-4,6H,2,5H2,1H3. The van der Waals surface area contributed by atoms with E-state index in [0.717, 1.165) is 11.5 Å². The zero-order chi connectivity index (χ0) is 13.1. The van der Waals surface area contributed by atoms with Gasteiger partial charge in [0.15, 0.2) is 5.78 Å². The molecule has 0 radical (unpaired) electrons. The molecular weight excluding hydrogens is 275 g/mol. The van der Waals surface area contributed by atoms with Gasteiger partial charge in [-0.3, -0.25) is 4.79 Å². The van der Waals surface area contributed by atoms with Crippen LogP contribution in [0.2, 0.25) is 5.02 Å². The fraction of sp³-hybridized carbons (Fsp3) is 0.250. The Balaban J connectivity index is 2.21. The highest BCUT2D eigenvalue weighted by atomic mass is 35.5. The van der Waals surface area contributed by atoms with E-state index in [1.807, 2.05) is 6.92 Å². The van der Waals surface area contributed by atoms with Crippen LogP contribution >= 0.6 is 23.1 Å². The summed E-state index contributed by atoms with van der Waals surface area (Å²) >= 11 is 6.71. The van der Waals surface area contributed by atoms with E-state index in [0.29, 0.717) is 27.6 Å². The maximum Gasteiger partial charge on any atom is 0.180 e. The number of halogens is 2. The van der Waals surface area contributed by atoms with Crippen LogP contribution in [0.3, 0.4) is 0 Å². The summed E-state index contributed by atoms with van der Waals surface area (Å²) in [5.41, 5.74) is 0.999. The number of aryl methyl sites for hydroxylation is 1. The minimum absolute atomic E-state index is 0.000123. The molecule has 2 rings (SSSR count). The lowest BCUT2D eigenvalue weighted by Crippen LogP contribution is -2.06. The molecule has 6 heteroatoms. The van der Waals surface area contributed by atoms with E-state index in [-0.39, 0.29) is 12.2 Å². The number of carbonyl (C=O) groups excluding carboxylic acids is 1. The minimum Gasteiger partial charge on any atom is -0.293 e. The molecule has 1 aromatic heterocycles. The molecule has 0 saturated heterocycles. The molecule has 0 spiro atoms. The molecule has 18 heavy (non-hydrogen) atoms. The van der Waals surface area contributed by atoms with Gasteiger partial charge in [-0.1, -0.05) is 29.1 Å². The Morgan fingerprint density at radius 3 is 2.94 bits per heavy atom. The molecule has 0 unspecified atom stereocenters. The summed E-state index contributed by atoms with van der Waals surface area (Å²) < 4.78 is 17.3. The number of hydrogen-bond donors (Lipinski definition) is 0. The molecule has 0 bridgehead atoms. The molecule has 0 aliphatic heterocycles. The van der Waals surface area contributed by atoms with Crippen LogP contribution in [0.25, 0.3) is 0 Å². The molecule has 2 aromatic rings. The largest absolute Gasteiger partial charge is 0.293 e. The van der Waals surface area contributed by atoms with Gasteiger partial charge in [0, 0.05) is 11.4 Å². The number of carbonyl (C=O) groups is 1. The second kappa shape index (κ2) is 5.54. The second-order valence-electron chi connectivity index (χ2n) is 3.74. The smallest absolute Gasteiger partial charge is 0.180 e. The Labute approximate surface area is 113 Å². The Morgan fingerprint density at radius 1 is 1.50 bits per heavy atom. The van der Waals surface area contributed by atoms with Crippen LogP contribution in [0.1, 0.15) is 27.9 Å². The van der Waals surface area contributed by atoms with Gasteiger partial charge in [-0.05, 0) is 35.6 Å². The van der Waals surface area contributed by atoms with Gasteiger partial charge < -0.3 is 0 Å². The highest BCUT2D eigenvalue weighted by Gasteiger charge is 2.17. The fourth-order valence-corrected chi connectivity index (χ4v) is 2.41. The van der Waals surface area contributed by atoms with Crippen molar-refractivity contribution < 1.29 is 9.18 Å². The lowest BCUT2D eigenvalue weighted by Gasteiger charge is -2.02. The Bertz CT molecular complexity index is 585. The predicted octanol–water partition coefficient (Wildman–Crippen LogP) is 3.32. The lowest BCUT2D eigenvalue weighted by atomic mass is 10.1. The maximum atomic E-state index is 13.6. The van der Waals surface area contributed by atoms with Gasteiger partial charge in [0.05, 0.1) is 5.69 Å². The Morgan fingerprint density at radius 2 is 2.28 bits per heavy atom. The Kier molecular flexibility index (Phi) is 4.04. The molecule has 0 aliphatic carbocycles. The molecular formula is C12H10ClFN2OS. The first-order valence-electron chi connectivity index (χ1n) is 5.40. The van der Waals surface area contributed by atoms with Gasteiger partial charge in [0.1, 0.15) is 10.7 Å². The third-order valence-corrected chi connectivity index (χ3v) is 3.55. The summed E-state index contributed by atoms with van der Waals surface area (Å²) in [7, 11) is 0. The van der Waals surface area contributed by atoms with E-state index in [9.17, 15) is 9.18 Å². The molecule has 0 saturated carbocycles. The van der Waals surface area contributed by atoms with Gasteiger partial charge in [-0.15, -0.1) is 5.10 Å². The van der Waals surface area contributed by atoms with Gasteiger partial charge in [0.25, 0.3) is 0 Å². The number of Topliss-reactive ketones (excluding diaryl/α,β-unsaturated/α-hetero) is 1. The van der Waals surface area contributed by atoms with E-state index < -0.39 is 5.82 Å². The van der Waals surface area contributed by atoms with Crippen LogP contribution in [-0.4, -0.2) is 15.4 Å². The first kappa shape index (κ1) is 13.1. The molecule has 1 heterocycles. The van der Waals surface area contributed by atoms with E-state index >= 15 is 0 Å². The fourth-order valence-electron chi connectivity index (χ4n) is 1.57. The van der Waals surface area contributed by atoms with Crippen LogP contribution in [0, 0.1) is 5.82 Å². The summed E-state index contributed by atoms with van der Waals surface area (Å²) in [5, 5.41) is 4.18. The van der Waals surface area contributed by atoms with Gasteiger partial charge in [-0.2, -0.15) is 0 Å². The van der Waals surface area contributed by atoms with Crippen molar-refractivity contribution in [3.8, 4) is 0 Å². The minimum atomic E-state index is -0.466. The summed E-state index contributed by atoms with van der Waals surface area (Å²) in [6.07, 6.45) is 0.639. The molecule has 0 amide bonds. The van der Waals surface area contributed by atoms with Crippen LogP contribution in [0.15, 0.2) is 18.2 Å². The predicted molar refractivity (Wildman–Crippen MR) is 68.7 cm³/mol. The molecule has 0 atom stereocenters. The van der Waals surface area contributed by atoms with E-state index in [1.54, 1.807) is 6.07 Å². The average molecular weight is 285 g/mol. The highest BCUT2D eigenvalue weighted by Crippen LogP contribution is 2.19. The van der Waals surface area contributed by atoms with Crippen LogP contribution in [0.5, 0.6) is 0 Å². The molecule has 3 nitrogen and oxygen atoms in total. The van der Waals surface area contributed by atoms with Crippen LogP contribution in [-0.2, 0) is 12.8 Å². The van der Waals surface area contributed by atoms with Crippen LogP contribution < -0.4 is 0 Å². The number of aromatic nitrogens is 2. The van der Waals surface area contributed by atoms with Crippen molar-refractivity contribution in [1.29, 1.82) is 0 Å². The summed E-state index contributed by atoms with van der Waals surface area (Å²) in [5.74, 6) is -0.630. The van der Waals surface area contributed by atoms with Crippen molar-refractivity contribution in [1.82, 2.24) is 9.59 Å². The zero-order valence-electron chi connectivity index (χ0n) is 9.61. The van der Waals surface area contributed by atoms with E-state index in [1.165, 1.54) is 12.1 Å². The van der Waals surface area contributed by atoms with Crippen molar-refractivity contribution in [3.05, 3.63) is 45.2 Å². The number of ketones is 1. The normalized spacial score (nSPS) is 10.6. The quantitative estimate of drug-likeness (QED) is 0.809. The number of rotatable bonds is 4. The van der Waals surface area contributed by atoms with Gasteiger partial charge >= 0.3 is 0 Å². The third kappa shape index (κ3) is 2.73.